The highest BCUT2D eigenvalue weighted by Crippen LogP contribution is 2.29. The summed E-state index contributed by atoms with van der Waals surface area (Å²) in [4.78, 5) is 4.52. The first-order chi connectivity index (χ1) is 10.2. The van der Waals surface area contributed by atoms with E-state index in [0.717, 1.165) is 16.5 Å². The van der Waals surface area contributed by atoms with Crippen LogP contribution in [-0.4, -0.2) is 4.98 Å². The summed E-state index contributed by atoms with van der Waals surface area (Å²) in [6.45, 7) is 1.72. The number of ether oxygens (including phenoxy) is 1. The summed E-state index contributed by atoms with van der Waals surface area (Å²) in [7, 11) is 0. The molecule has 1 aromatic heterocycles. The van der Waals surface area contributed by atoms with Crippen LogP contribution in [0.5, 0.6) is 11.6 Å². The average molecular weight is 346 g/mol. The van der Waals surface area contributed by atoms with Crippen molar-refractivity contribution >= 4 is 26.8 Å². The summed E-state index contributed by atoms with van der Waals surface area (Å²) in [5.74, 6) is 0.658. The molecule has 21 heavy (non-hydrogen) atoms. The molecule has 0 spiro atoms. The number of aromatic nitrogens is 1. The third-order valence-electron chi connectivity index (χ3n) is 3.26. The molecule has 0 fully saturated rings. The molecule has 0 radical (unpaired) electrons. The molecule has 3 rings (SSSR count). The highest BCUT2D eigenvalue weighted by Gasteiger charge is 2.09. The topological polar surface area (TPSA) is 22.1 Å². The lowest BCUT2D eigenvalue weighted by atomic mass is 10.1. The van der Waals surface area contributed by atoms with Crippen molar-refractivity contribution in [3.05, 3.63) is 65.5 Å². The van der Waals surface area contributed by atoms with Crippen LogP contribution in [0.25, 0.3) is 10.9 Å². The molecule has 0 bridgehead atoms. The Hall–Kier alpha value is -1.94. The molecular weight excluding hydrogens is 333 g/mol. The Labute approximate surface area is 130 Å². The molecule has 0 aliphatic heterocycles. The Morgan fingerprint density at radius 2 is 1.95 bits per heavy atom. The third kappa shape index (κ3) is 2.90. The maximum Gasteiger partial charge on any atom is 0.223 e. The van der Waals surface area contributed by atoms with Crippen molar-refractivity contribution in [1.82, 2.24) is 4.98 Å². The van der Waals surface area contributed by atoms with Crippen LogP contribution in [0.2, 0.25) is 0 Å². The largest absolute Gasteiger partial charge is 0.439 e. The van der Waals surface area contributed by atoms with Crippen molar-refractivity contribution in [3.63, 3.8) is 0 Å². The Balaban J connectivity index is 2.04. The van der Waals surface area contributed by atoms with E-state index in [0.29, 0.717) is 22.5 Å². The molecule has 0 saturated heterocycles. The lowest BCUT2D eigenvalue weighted by molar-refractivity contribution is 0.455. The zero-order valence-electron chi connectivity index (χ0n) is 11.4. The molecule has 0 N–H and O–H groups in total. The van der Waals surface area contributed by atoms with E-state index >= 15 is 0 Å². The minimum atomic E-state index is -0.284. The zero-order valence-corrected chi connectivity index (χ0v) is 13.0. The standard InChI is InChI=1S/C17H13BrFNO/c1-11-6-7-14(9-15(11)19)21-17-13(10-18)8-12-4-2-3-5-16(12)20-17/h2-9H,10H2,1H3. The molecule has 0 unspecified atom stereocenters. The van der Waals surface area contributed by atoms with E-state index in [1.165, 1.54) is 6.07 Å². The van der Waals surface area contributed by atoms with Gasteiger partial charge in [0.1, 0.15) is 11.6 Å². The quantitative estimate of drug-likeness (QED) is 0.595. The van der Waals surface area contributed by atoms with Crippen LogP contribution < -0.4 is 4.74 Å². The minimum Gasteiger partial charge on any atom is -0.439 e. The minimum absolute atomic E-state index is 0.284. The number of alkyl halides is 1. The number of benzene rings is 2. The molecule has 0 aliphatic rings. The molecule has 2 aromatic carbocycles. The fraction of sp³-hybridized carbons (Fsp3) is 0.118. The summed E-state index contributed by atoms with van der Waals surface area (Å²) in [6, 6.07) is 14.7. The van der Waals surface area contributed by atoms with Crippen LogP contribution in [0.4, 0.5) is 4.39 Å². The second kappa shape index (κ2) is 5.82. The van der Waals surface area contributed by atoms with Crippen molar-refractivity contribution in [1.29, 1.82) is 0 Å². The van der Waals surface area contributed by atoms with E-state index < -0.39 is 0 Å². The summed E-state index contributed by atoms with van der Waals surface area (Å²) < 4.78 is 19.4. The van der Waals surface area contributed by atoms with E-state index in [4.69, 9.17) is 4.74 Å². The number of hydrogen-bond acceptors (Lipinski definition) is 2. The smallest absolute Gasteiger partial charge is 0.223 e. The monoisotopic (exact) mass is 345 g/mol. The van der Waals surface area contributed by atoms with Gasteiger partial charge < -0.3 is 4.74 Å². The van der Waals surface area contributed by atoms with Gasteiger partial charge in [-0.2, -0.15) is 0 Å². The molecule has 0 saturated carbocycles. The van der Waals surface area contributed by atoms with Crippen molar-refractivity contribution in [3.8, 4) is 11.6 Å². The fourth-order valence-electron chi connectivity index (χ4n) is 2.07. The second-order valence-electron chi connectivity index (χ2n) is 4.79. The van der Waals surface area contributed by atoms with Gasteiger partial charge in [0, 0.05) is 22.3 Å². The number of aryl methyl sites for hydroxylation is 1. The number of fused-ring (bicyclic) bond motifs is 1. The van der Waals surface area contributed by atoms with Gasteiger partial charge in [-0.3, -0.25) is 0 Å². The molecule has 3 aromatic rings. The highest BCUT2D eigenvalue weighted by atomic mass is 79.9. The fourth-order valence-corrected chi connectivity index (χ4v) is 2.48. The second-order valence-corrected chi connectivity index (χ2v) is 5.35. The maximum atomic E-state index is 13.6. The Kier molecular flexibility index (Phi) is 3.88. The van der Waals surface area contributed by atoms with Gasteiger partial charge in [0.25, 0.3) is 0 Å². The number of halogens is 2. The number of pyridine rings is 1. The van der Waals surface area contributed by atoms with Crippen molar-refractivity contribution in [2.45, 2.75) is 12.3 Å². The van der Waals surface area contributed by atoms with Crippen LogP contribution >= 0.6 is 15.9 Å². The summed E-state index contributed by atoms with van der Waals surface area (Å²) in [6.07, 6.45) is 0. The van der Waals surface area contributed by atoms with Crippen molar-refractivity contribution in [2.75, 3.05) is 0 Å². The predicted octanol–water partition coefficient (Wildman–Crippen LogP) is 5.37. The summed E-state index contributed by atoms with van der Waals surface area (Å²) >= 11 is 3.44. The van der Waals surface area contributed by atoms with Crippen LogP contribution in [-0.2, 0) is 5.33 Å². The Morgan fingerprint density at radius 3 is 2.71 bits per heavy atom. The number of hydrogen-bond donors (Lipinski definition) is 0. The first kappa shape index (κ1) is 14.0. The van der Waals surface area contributed by atoms with E-state index in [-0.39, 0.29) is 5.82 Å². The van der Waals surface area contributed by atoms with Crippen LogP contribution in [0.15, 0.2) is 48.5 Å². The molecule has 106 valence electrons. The van der Waals surface area contributed by atoms with Crippen LogP contribution in [0.3, 0.4) is 0 Å². The van der Waals surface area contributed by atoms with Gasteiger partial charge in [-0.05, 0) is 30.7 Å². The van der Waals surface area contributed by atoms with Gasteiger partial charge >= 0.3 is 0 Å². The van der Waals surface area contributed by atoms with Crippen LogP contribution in [0, 0.1) is 12.7 Å². The van der Waals surface area contributed by atoms with Gasteiger partial charge in [-0.1, -0.05) is 40.2 Å². The van der Waals surface area contributed by atoms with Crippen LogP contribution in [0.1, 0.15) is 11.1 Å². The van der Waals surface area contributed by atoms with E-state index in [9.17, 15) is 4.39 Å². The highest BCUT2D eigenvalue weighted by molar-refractivity contribution is 9.08. The van der Waals surface area contributed by atoms with E-state index in [1.807, 2.05) is 30.3 Å². The van der Waals surface area contributed by atoms with Crippen molar-refractivity contribution in [2.24, 2.45) is 0 Å². The maximum absolute atomic E-state index is 13.6. The third-order valence-corrected chi connectivity index (χ3v) is 3.87. The first-order valence-corrected chi connectivity index (χ1v) is 7.68. The number of rotatable bonds is 3. The average Bonchev–Trinajstić information content (AvgIpc) is 2.50. The zero-order chi connectivity index (χ0) is 14.8. The first-order valence-electron chi connectivity index (χ1n) is 6.56. The predicted molar refractivity (Wildman–Crippen MR) is 85.6 cm³/mol. The van der Waals surface area contributed by atoms with Gasteiger partial charge in [-0.15, -0.1) is 0 Å². The lowest BCUT2D eigenvalue weighted by Crippen LogP contribution is -1.95. The molecular formula is C17H13BrFNO. The number of para-hydroxylation sites is 1. The molecule has 4 heteroatoms. The normalized spacial score (nSPS) is 10.8. The van der Waals surface area contributed by atoms with Gasteiger partial charge in [-0.25, -0.2) is 9.37 Å². The summed E-state index contributed by atoms with van der Waals surface area (Å²) in [5, 5.41) is 1.67. The lowest BCUT2D eigenvalue weighted by Gasteiger charge is -2.10. The van der Waals surface area contributed by atoms with E-state index in [2.05, 4.69) is 20.9 Å². The Morgan fingerprint density at radius 1 is 1.14 bits per heavy atom. The van der Waals surface area contributed by atoms with Crippen molar-refractivity contribution < 1.29 is 9.13 Å². The molecule has 0 atom stereocenters. The Bertz CT molecular complexity index is 804. The van der Waals surface area contributed by atoms with Gasteiger partial charge in [0.05, 0.1) is 5.52 Å². The molecule has 0 aliphatic carbocycles. The molecule has 2 nitrogen and oxygen atoms in total. The molecule has 0 amide bonds. The van der Waals surface area contributed by atoms with Gasteiger partial charge in [0.2, 0.25) is 5.88 Å². The SMILES string of the molecule is Cc1ccc(Oc2nc3ccccc3cc2CBr)cc1F. The number of nitrogens with zero attached hydrogens (tertiary/aromatic N) is 1. The van der Waals surface area contributed by atoms with E-state index in [1.54, 1.807) is 19.1 Å². The molecule has 1 heterocycles. The summed E-state index contributed by atoms with van der Waals surface area (Å²) in [5.41, 5.74) is 2.37. The van der Waals surface area contributed by atoms with Gasteiger partial charge in [0.15, 0.2) is 0 Å².